The molecule has 0 spiro atoms. The van der Waals surface area contributed by atoms with E-state index in [-0.39, 0.29) is 5.91 Å². The van der Waals surface area contributed by atoms with E-state index in [4.69, 9.17) is 4.74 Å². The lowest BCUT2D eigenvalue weighted by molar-refractivity contribution is -0.131. The molecule has 1 aromatic heterocycles. The molecule has 0 saturated heterocycles. The Morgan fingerprint density at radius 1 is 1.14 bits per heavy atom. The first-order valence-electron chi connectivity index (χ1n) is 9.63. The van der Waals surface area contributed by atoms with E-state index in [9.17, 15) is 4.79 Å². The van der Waals surface area contributed by atoms with E-state index < -0.39 is 0 Å². The van der Waals surface area contributed by atoms with Gasteiger partial charge in [0.15, 0.2) is 0 Å². The second-order valence-electron chi connectivity index (χ2n) is 7.25. The molecule has 0 atom stereocenters. The largest absolute Gasteiger partial charge is 0.486 e. The van der Waals surface area contributed by atoms with Crippen molar-refractivity contribution in [2.24, 2.45) is 0 Å². The Morgan fingerprint density at radius 3 is 2.61 bits per heavy atom. The van der Waals surface area contributed by atoms with Gasteiger partial charge in [0, 0.05) is 11.4 Å². The number of thiazole rings is 1. The summed E-state index contributed by atoms with van der Waals surface area (Å²) < 4.78 is 5.82. The number of carbonyl (C=O) groups is 1. The van der Waals surface area contributed by atoms with Crippen LogP contribution < -0.4 is 4.74 Å². The van der Waals surface area contributed by atoms with Gasteiger partial charge in [-0.25, -0.2) is 4.98 Å². The fraction of sp³-hybridized carbons (Fsp3) is 0.304. The number of carbonyl (C=O) groups excluding carboxylic acids is 1. The van der Waals surface area contributed by atoms with E-state index in [0.717, 1.165) is 34.9 Å². The number of aromatic nitrogens is 1. The number of benzene rings is 2. The molecule has 4 rings (SSSR count). The molecule has 5 heteroatoms. The molecule has 3 aromatic rings. The molecule has 1 aliphatic rings. The molecule has 0 bridgehead atoms. The number of nitrogens with zero attached hydrogens (tertiary/aromatic N) is 2. The van der Waals surface area contributed by atoms with Crippen LogP contribution in [0.2, 0.25) is 0 Å². The number of amides is 1. The zero-order valence-corrected chi connectivity index (χ0v) is 16.8. The second-order valence-corrected chi connectivity index (χ2v) is 8.19. The molecule has 4 nitrogen and oxygen atoms in total. The number of aryl methyl sites for hydroxylation is 1. The quantitative estimate of drug-likeness (QED) is 0.555. The zero-order chi connectivity index (χ0) is 19.3. The van der Waals surface area contributed by atoms with Gasteiger partial charge in [-0.2, -0.15) is 0 Å². The van der Waals surface area contributed by atoms with Crippen molar-refractivity contribution in [3.8, 4) is 5.75 Å². The van der Waals surface area contributed by atoms with Gasteiger partial charge in [0.2, 0.25) is 5.91 Å². The van der Waals surface area contributed by atoms with Crippen molar-refractivity contribution in [2.45, 2.75) is 45.4 Å². The van der Waals surface area contributed by atoms with E-state index >= 15 is 0 Å². The summed E-state index contributed by atoms with van der Waals surface area (Å²) in [5, 5.41) is 2.97. The van der Waals surface area contributed by atoms with Crippen molar-refractivity contribution in [1.82, 2.24) is 9.88 Å². The molecule has 1 heterocycles. The SMILES string of the molecule is Cc1ccc(OCc2nc(CN(C(=O)Cc3ccccc3)C3CC3)cs2)cc1. The number of hydrogen-bond acceptors (Lipinski definition) is 4. The first kappa shape index (κ1) is 18.7. The summed E-state index contributed by atoms with van der Waals surface area (Å²) in [6, 6.07) is 18.3. The van der Waals surface area contributed by atoms with E-state index in [1.165, 1.54) is 5.56 Å². The van der Waals surface area contributed by atoms with E-state index in [2.05, 4.69) is 11.9 Å². The van der Waals surface area contributed by atoms with Gasteiger partial charge < -0.3 is 9.64 Å². The Balaban J connectivity index is 1.35. The third-order valence-corrected chi connectivity index (χ3v) is 5.69. The molecule has 1 saturated carbocycles. The van der Waals surface area contributed by atoms with Gasteiger partial charge in [0.05, 0.1) is 18.7 Å². The molecule has 0 N–H and O–H groups in total. The van der Waals surface area contributed by atoms with Crippen molar-refractivity contribution in [3.05, 3.63) is 81.8 Å². The molecule has 0 unspecified atom stereocenters. The van der Waals surface area contributed by atoms with Crippen LogP contribution >= 0.6 is 11.3 Å². The van der Waals surface area contributed by atoms with Crippen molar-refractivity contribution in [2.75, 3.05) is 0 Å². The van der Waals surface area contributed by atoms with Crippen LogP contribution in [0.5, 0.6) is 5.75 Å². The average molecular weight is 393 g/mol. The highest BCUT2D eigenvalue weighted by atomic mass is 32.1. The summed E-state index contributed by atoms with van der Waals surface area (Å²) in [5.41, 5.74) is 3.22. The van der Waals surface area contributed by atoms with E-state index in [1.807, 2.05) is 64.9 Å². The van der Waals surface area contributed by atoms with Crippen LogP contribution in [0.1, 0.15) is 34.7 Å². The van der Waals surface area contributed by atoms with Gasteiger partial charge in [0.25, 0.3) is 0 Å². The predicted octanol–water partition coefficient (Wildman–Crippen LogP) is 4.76. The Kier molecular flexibility index (Phi) is 5.72. The summed E-state index contributed by atoms with van der Waals surface area (Å²) in [6.07, 6.45) is 2.63. The second kappa shape index (κ2) is 8.57. The fourth-order valence-corrected chi connectivity index (χ4v) is 3.82. The molecular formula is C23H24N2O2S. The first-order chi connectivity index (χ1) is 13.7. The van der Waals surface area contributed by atoms with Crippen LogP contribution in [0.25, 0.3) is 0 Å². The minimum absolute atomic E-state index is 0.180. The van der Waals surface area contributed by atoms with E-state index in [1.54, 1.807) is 11.3 Å². The standard InChI is InChI=1S/C23H24N2O2S/c1-17-7-11-21(12-8-17)27-15-22-24-19(16-28-22)14-25(20-9-10-20)23(26)13-18-5-3-2-4-6-18/h2-8,11-12,16,20H,9-10,13-15H2,1H3. The third kappa shape index (κ3) is 4.98. The Bertz CT molecular complexity index is 917. The van der Waals surface area contributed by atoms with Crippen LogP contribution in [0.15, 0.2) is 60.0 Å². The van der Waals surface area contributed by atoms with Crippen LogP contribution in [0, 0.1) is 6.92 Å². The molecule has 1 fully saturated rings. The highest BCUT2D eigenvalue weighted by Crippen LogP contribution is 2.29. The van der Waals surface area contributed by atoms with Crippen molar-refractivity contribution >= 4 is 17.2 Å². The molecule has 0 radical (unpaired) electrons. The predicted molar refractivity (Wildman–Crippen MR) is 111 cm³/mol. The lowest BCUT2D eigenvalue weighted by Gasteiger charge is -2.21. The Labute approximate surface area is 169 Å². The van der Waals surface area contributed by atoms with Crippen LogP contribution in [-0.4, -0.2) is 21.8 Å². The van der Waals surface area contributed by atoms with E-state index in [0.29, 0.717) is 25.6 Å². The third-order valence-electron chi connectivity index (χ3n) is 4.82. The molecule has 2 aromatic carbocycles. The van der Waals surface area contributed by atoms with Gasteiger partial charge in [-0.1, -0.05) is 48.0 Å². The molecule has 1 amide bonds. The minimum Gasteiger partial charge on any atom is -0.486 e. The number of hydrogen-bond donors (Lipinski definition) is 0. The lowest BCUT2D eigenvalue weighted by atomic mass is 10.1. The maximum Gasteiger partial charge on any atom is 0.227 e. The van der Waals surface area contributed by atoms with Crippen LogP contribution in [0.4, 0.5) is 0 Å². The number of rotatable bonds is 8. The average Bonchev–Trinajstić information content (AvgIpc) is 3.45. The Hall–Kier alpha value is -2.66. The highest BCUT2D eigenvalue weighted by molar-refractivity contribution is 7.09. The summed E-state index contributed by atoms with van der Waals surface area (Å²) in [5.74, 6) is 1.03. The molecule has 1 aliphatic carbocycles. The number of ether oxygens (including phenoxy) is 1. The lowest BCUT2D eigenvalue weighted by Crippen LogP contribution is -2.33. The van der Waals surface area contributed by atoms with Gasteiger partial charge in [-0.3, -0.25) is 4.79 Å². The monoisotopic (exact) mass is 392 g/mol. The summed E-state index contributed by atoms with van der Waals surface area (Å²) in [7, 11) is 0. The van der Waals surface area contributed by atoms with Crippen molar-refractivity contribution in [3.63, 3.8) is 0 Å². The minimum atomic E-state index is 0.180. The summed E-state index contributed by atoms with van der Waals surface area (Å²) in [6.45, 7) is 3.09. The topological polar surface area (TPSA) is 42.4 Å². The smallest absolute Gasteiger partial charge is 0.227 e. The van der Waals surface area contributed by atoms with Gasteiger partial charge in [-0.15, -0.1) is 11.3 Å². The van der Waals surface area contributed by atoms with Gasteiger partial charge in [-0.05, 0) is 37.5 Å². The zero-order valence-electron chi connectivity index (χ0n) is 16.0. The van der Waals surface area contributed by atoms with Crippen LogP contribution in [0.3, 0.4) is 0 Å². The highest BCUT2D eigenvalue weighted by Gasteiger charge is 2.32. The van der Waals surface area contributed by atoms with Crippen molar-refractivity contribution < 1.29 is 9.53 Å². The summed E-state index contributed by atoms with van der Waals surface area (Å²) >= 11 is 1.59. The maximum absolute atomic E-state index is 12.8. The van der Waals surface area contributed by atoms with Gasteiger partial charge in [0.1, 0.15) is 17.4 Å². The summed E-state index contributed by atoms with van der Waals surface area (Å²) in [4.78, 5) is 19.5. The van der Waals surface area contributed by atoms with Crippen LogP contribution in [-0.2, 0) is 24.4 Å². The molecule has 144 valence electrons. The van der Waals surface area contributed by atoms with Gasteiger partial charge >= 0.3 is 0 Å². The normalized spacial score (nSPS) is 13.3. The maximum atomic E-state index is 12.8. The fourth-order valence-electron chi connectivity index (χ4n) is 3.12. The molecular weight excluding hydrogens is 368 g/mol. The molecule has 0 aliphatic heterocycles. The Morgan fingerprint density at radius 2 is 1.89 bits per heavy atom. The first-order valence-corrected chi connectivity index (χ1v) is 10.5. The molecule has 28 heavy (non-hydrogen) atoms. The van der Waals surface area contributed by atoms with Crippen molar-refractivity contribution in [1.29, 1.82) is 0 Å².